The van der Waals surface area contributed by atoms with Crippen molar-refractivity contribution in [2.75, 3.05) is 11.4 Å². The molecule has 0 spiro atoms. The Morgan fingerprint density at radius 2 is 1.69 bits per heavy atom. The van der Waals surface area contributed by atoms with Crippen molar-refractivity contribution in [1.29, 1.82) is 0 Å². The Hall–Kier alpha value is -2.16. The maximum atomic E-state index is 4.24. The first-order valence-corrected chi connectivity index (χ1v) is 5.24. The van der Waals surface area contributed by atoms with Crippen LogP contribution in [-0.4, -0.2) is 16.5 Å². The van der Waals surface area contributed by atoms with E-state index in [0.717, 1.165) is 12.5 Å². The first-order chi connectivity index (χ1) is 7.93. The Labute approximate surface area is 93.4 Å². The molecule has 3 rings (SSSR count). The third kappa shape index (κ3) is 1.56. The molecule has 0 amide bonds. The summed E-state index contributed by atoms with van der Waals surface area (Å²) in [6.45, 7) is 0.820. The molecule has 1 aliphatic heterocycles. The lowest BCUT2D eigenvalue weighted by atomic mass is 10.2. The zero-order valence-electron chi connectivity index (χ0n) is 8.74. The number of hydrogen-bond donors (Lipinski definition) is 0. The number of fused-ring (bicyclic) bond motifs is 1. The summed E-state index contributed by atoms with van der Waals surface area (Å²) in [6.07, 6.45) is 7.80. The maximum Gasteiger partial charge on any atom is 0.229 e. The number of anilines is 1. The van der Waals surface area contributed by atoms with Gasteiger partial charge in [0.05, 0.1) is 0 Å². The lowest BCUT2D eigenvalue weighted by Gasteiger charge is -2.18. The second-order valence-electron chi connectivity index (χ2n) is 3.66. The molecule has 3 heteroatoms. The van der Waals surface area contributed by atoms with Gasteiger partial charge in [0.1, 0.15) is 0 Å². The Bertz CT molecular complexity index is 605. The van der Waals surface area contributed by atoms with Gasteiger partial charge in [-0.3, -0.25) is 0 Å². The van der Waals surface area contributed by atoms with Crippen LogP contribution >= 0.6 is 0 Å². The molecule has 1 aromatic carbocycles. The lowest BCUT2D eigenvalue weighted by Crippen LogP contribution is -2.35. The van der Waals surface area contributed by atoms with Gasteiger partial charge in [-0.25, -0.2) is 9.97 Å². The highest BCUT2D eigenvalue weighted by Gasteiger charge is 2.06. The van der Waals surface area contributed by atoms with Crippen LogP contribution in [-0.2, 0) is 0 Å². The number of benzene rings is 1. The molecule has 2 heterocycles. The summed E-state index contributed by atoms with van der Waals surface area (Å²) in [5, 5.41) is 2.48. The molecule has 16 heavy (non-hydrogen) atoms. The second-order valence-corrected chi connectivity index (χ2v) is 3.66. The molecule has 1 aliphatic rings. The highest BCUT2D eigenvalue weighted by molar-refractivity contribution is 5.57. The summed E-state index contributed by atoms with van der Waals surface area (Å²) in [5.74, 6) is 0.744. The van der Waals surface area contributed by atoms with E-state index >= 15 is 0 Å². The molecule has 0 N–H and O–H groups in total. The van der Waals surface area contributed by atoms with Crippen LogP contribution < -0.4 is 15.3 Å². The summed E-state index contributed by atoms with van der Waals surface area (Å²) < 4.78 is 0. The van der Waals surface area contributed by atoms with E-state index in [-0.39, 0.29) is 0 Å². The fraction of sp³-hybridized carbons (Fsp3) is 0.0769. The average Bonchev–Trinajstić information content (AvgIpc) is 2.39. The van der Waals surface area contributed by atoms with E-state index in [2.05, 4.69) is 40.4 Å². The van der Waals surface area contributed by atoms with Crippen molar-refractivity contribution in [3.05, 3.63) is 53.2 Å². The highest BCUT2D eigenvalue weighted by Crippen LogP contribution is 2.06. The Balaban J connectivity index is 2.08. The molecule has 1 aromatic heterocycles. The van der Waals surface area contributed by atoms with Crippen molar-refractivity contribution < 1.29 is 0 Å². The molecule has 0 aliphatic carbocycles. The van der Waals surface area contributed by atoms with Crippen molar-refractivity contribution >= 4 is 18.2 Å². The van der Waals surface area contributed by atoms with Crippen LogP contribution in [0.4, 0.5) is 5.95 Å². The van der Waals surface area contributed by atoms with E-state index in [0.29, 0.717) is 0 Å². The lowest BCUT2D eigenvalue weighted by molar-refractivity contribution is 1.02. The van der Waals surface area contributed by atoms with Gasteiger partial charge in [0.2, 0.25) is 5.95 Å². The first kappa shape index (κ1) is 9.09. The van der Waals surface area contributed by atoms with E-state index in [1.165, 1.54) is 10.4 Å². The van der Waals surface area contributed by atoms with Gasteiger partial charge in [-0.2, -0.15) is 0 Å². The van der Waals surface area contributed by atoms with Gasteiger partial charge in [0, 0.05) is 25.1 Å². The zero-order chi connectivity index (χ0) is 10.8. The number of nitrogens with zero attached hydrogens (tertiary/aromatic N) is 3. The van der Waals surface area contributed by atoms with Crippen molar-refractivity contribution in [2.24, 2.45) is 0 Å². The fourth-order valence-electron chi connectivity index (χ4n) is 1.81. The molecule has 0 saturated heterocycles. The van der Waals surface area contributed by atoms with Crippen molar-refractivity contribution in [1.82, 2.24) is 9.97 Å². The topological polar surface area (TPSA) is 29.0 Å². The molecule has 3 nitrogen and oxygen atoms in total. The van der Waals surface area contributed by atoms with E-state index in [1.807, 2.05) is 17.0 Å². The molecule has 78 valence electrons. The molecule has 0 bridgehead atoms. The van der Waals surface area contributed by atoms with E-state index in [4.69, 9.17) is 0 Å². The fourth-order valence-corrected chi connectivity index (χ4v) is 1.81. The van der Waals surface area contributed by atoms with E-state index < -0.39 is 0 Å². The maximum absolute atomic E-state index is 4.24. The molecule has 0 fully saturated rings. The SMILES string of the molecule is C1=c2ccccc2=CN(c2ncccn2)C1. The predicted molar refractivity (Wildman–Crippen MR) is 64.0 cm³/mol. The minimum atomic E-state index is 0.744. The largest absolute Gasteiger partial charge is 0.313 e. The van der Waals surface area contributed by atoms with E-state index in [1.54, 1.807) is 12.4 Å². The number of rotatable bonds is 1. The molecular formula is C13H11N3. The van der Waals surface area contributed by atoms with Crippen LogP contribution in [0.25, 0.3) is 12.3 Å². The Kier molecular flexibility index (Phi) is 2.14. The summed E-state index contributed by atoms with van der Waals surface area (Å²) in [6, 6.07) is 10.1. The Morgan fingerprint density at radius 3 is 2.50 bits per heavy atom. The normalized spacial score (nSPS) is 13.6. The monoisotopic (exact) mass is 209 g/mol. The molecule has 0 radical (unpaired) electrons. The van der Waals surface area contributed by atoms with Crippen LogP contribution in [0.15, 0.2) is 42.7 Å². The van der Waals surface area contributed by atoms with Gasteiger partial charge in [-0.05, 0) is 16.5 Å². The van der Waals surface area contributed by atoms with E-state index in [9.17, 15) is 0 Å². The quantitative estimate of drug-likeness (QED) is 0.685. The predicted octanol–water partition coefficient (Wildman–Crippen LogP) is 0.515. The zero-order valence-corrected chi connectivity index (χ0v) is 8.74. The van der Waals surface area contributed by atoms with Crippen molar-refractivity contribution in [3.63, 3.8) is 0 Å². The smallest absolute Gasteiger partial charge is 0.229 e. The standard InChI is InChI=1S/C13H11N3/c1-2-5-12-10-16(9-6-11(12)4-1)13-14-7-3-8-15-13/h1-8,10H,9H2. The van der Waals surface area contributed by atoms with Crippen LogP contribution in [0.1, 0.15) is 0 Å². The summed E-state index contributed by atoms with van der Waals surface area (Å²) >= 11 is 0. The van der Waals surface area contributed by atoms with Crippen LogP contribution in [0.2, 0.25) is 0 Å². The minimum absolute atomic E-state index is 0.744. The first-order valence-electron chi connectivity index (χ1n) is 5.24. The molecule has 0 atom stereocenters. The second kappa shape index (κ2) is 3.77. The van der Waals surface area contributed by atoms with Crippen molar-refractivity contribution in [3.8, 4) is 0 Å². The summed E-state index contributed by atoms with van der Waals surface area (Å²) in [4.78, 5) is 10.5. The molecule has 0 unspecified atom stereocenters. The molecular weight excluding hydrogens is 198 g/mol. The minimum Gasteiger partial charge on any atom is -0.313 e. The van der Waals surface area contributed by atoms with Crippen LogP contribution in [0, 0.1) is 0 Å². The van der Waals surface area contributed by atoms with Gasteiger partial charge >= 0.3 is 0 Å². The number of aromatic nitrogens is 2. The Morgan fingerprint density at radius 1 is 0.938 bits per heavy atom. The third-order valence-electron chi connectivity index (χ3n) is 2.61. The molecule has 2 aromatic rings. The van der Waals surface area contributed by atoms with Gasteiger partial charge in [0.25, 0.3) is 0 Å². The van der Waals surface area contributed by atoms with Gasteiger partial charge in [0.15, 0.2) is 0 Å². The van der Waals surface area contributed by atoms with Gasteiger partial charge in [-0.15, -0.1) is 0 Å². The van der Waals surface area contributed by atoms with Crippen molar-refractivity contribution in [2.45, 2.75) is 0 Å². The number of hydrogen-bond acceptors (Lipinski definition) is 3. The highest BCUT2D eigenvalue weighted by atomic mass is 15.2. The summed E-state index contributed by atoms with van der Waals surface area (Å²) in [7, 11) is 0. The van der Waals surface area contributed by atoms with Crippen LogP contribution in [0.5, 0.6) is 0 Å². The van der Waals surface area contributed by atoms with Gasteiger partial charge < -0.3 is 4.90 Å². The molecule has 0 saturated carbocycles. The van der Waals surface area contributed by atoms with Gasteiger partial charge in [-0.1, -0.05) is 30.3 Å². The third-order valence-corrected chi connectivity index (χ3v) is 2.61. The van der Waals surface area contributed by atoms with Crippen LogP contribution in [0.3, 0.4) is 0 Å². The average molecular weight is 209 g/mol. The summed E-state index contributed by atoms with van der Waals surface area (Å²) in [5.41, 5.74) is 0.